The third-order valence-electron chi connectivity index (χ3n) is 2.57. The molecule has 4 nitrogen and oxygen atoms in total. The highest BCUT2D eigenvalue weighted by atomic mass is 16.6. The minimum atomic E-state index is -0.310. The molecule has 100 valence electrons. The highest BCUT2D eigenvalue weighted by molar-refractivity contribution is 5.87. The summed E-state index contributed by atoms with van der Waals surface area (Å²) in [5.74, 6) is 0.656. The van der Waals surface area contributed by atoms with Gasteiger partial charge in [-0.3, -0.25) is 4.90 Å². The van der Waals surface area contributed by atoms with Crippen LogP contribution >= 0.6 is 0 Å². The van der Waals surface area contributed by atoms with Crippen LogP contribution in [0.1, 0.15) is 33.3 Å². The molecule has 0 bridgehead atoms. The van der Waals surface area contributed by atoms with Crippen LogP contribution in [0.4, 0.5) is 10.6 Å². The van der Waals surface area contributed by atoms with Crippen molar-refractivity contribution in [3.8, 4) is 0 Å². The average Bonchev–Trinajstić information content (AvgIpc) is 2.36. The van der Waals surface area contributed by atoms with Crippen LogP contribution in [-0.2, 0) is 4.74 Å². The largest absolute Gasteiger partial charge is 0.448 e. The first-order valence-electron chi connectivity index (χ1n) is 6.35. The van der Waals surface area contributed by atoms with E-state index in [0.717, 1.165) is 5.56 Å². The van der Waals surface area contributed by atoms with E-state index in [0.29, 0.717) is 19.0 Å². The molecule has 1 amide bonds. The second-order valence-corrected chi connectivity index (χ2v) is 5.00. The normalized spacial score (nSPS) is 17.6. The van der Waals surface area contributed by atoms with Crippen molar-refractivity contribution in [2.24, 2.45) is 5.41 Å². The molecule has 1 fully saturated rings. The molecule has 1 aliphatic heterocycles. The number of hydrogen-bond donors (Lipinski definition) is 0. The monoisotopic (exact) mass is 250 g/mol. The fraction of sp³-hybridized carbons (Fsp3) is 0.571. The molecule has 1 aliphatic rings. The maximum Gasteiger partial charge on any atom is 0.415 e. The highest BCUT2D eigenvalue weighted by Gasteiger charge is 2.34. The van der Waals surface area contributed by atoms with Gasteiger partial charge in [0.15, 0.2) is 0 Å². The maximum absolute atomic E-state index is 11.6. The zero-order chi connectivity index (χ0) is 13.8. The van der Waals surface area contributed by atoms with Gasteiger partial charge in [-0.1, -0.05) is 33.8 Å². The Kier molecular flexibility index (Phi) is 4.70. The Labute approximate surface area is 109 Å². The van der Waals surface area contributed by atoms with Crippen LogP contribution < -0.4 is 4.90 Å². The third-order valence-corrected chi connectivity index (χ3v) is 2.57. The predicted octanol–water partition coefficient (Wildman–Crippen LogP) is 3.40. The molecule has 18 heavy (non-hydrogen) atoms. The lowest BCUT2D eigenvalue weighted by Crippen LogP contribution is -2.47. The van der Waals surface area contributed by atoms with E-state index in [9.17, 15) is 4.79 Å². The molecule has 1 aromatic rings. The Morgan fingerprint density at radius 3 is 2.56 bits per heavy atom. The Morgan fingerprint density at radius 2 is 2.00 bits per heavy atom. The minimum Gasteiger partial charge on any atom is -0.448 e. The smallest absolute Gasteiger partial charge is 0.415 e. The van der Waals surface area contributed by atoms with Crippen molar-refractivity contribution in [2.45, 2.75) is 34.6 Å². The Hall–Kier alpha value is -1.58. The molecular weight excluding hydrogens is 228 g/mol. The molecule has 1 aromatic heterocycles. The van der Waals surface area contributed by atoms with Crippen molar-refractivity contribution in [2.75, 3.05) is 18.1 Å². The number of nitrogens with zero attached hydrogens (tertiary/aromatic N) is 2. The number of carbonyl (C=O) groups is 1. The Bertz CT molecular complexity index is 399. The first-order chi connectivity index (χ1) is 8.48. The summed E-state index contributed by atoms with van der Waals surface area (Å²) in [6.45, 7) is 11.2. The summed E-state index contributed by atoms with van der Waals surface area (Å²) >= 11 is 0. The number of cyclic esters (lactones) is 1. The summed E-state index contributed by atoms with van der Waals surface area (Å²) in [4.78, 5) is 17.5. The van der Waals surface area contributed by atoms with Crippen LogP contribution in [-0.4, -0.2) is 24.2 Å². The zero-order valence-electron chi connectivity index (χ0n) is 11.9. The van der Waals surface area contributed by atoms with Crippen molar-refractivity contribution in [3.63, 3.8) is 0 Å². The van der Waals surface area contributed by atoms with E-state index in [1.807, 2.05) is 32.9 Å². The number of aromatic nitrogens is 1. The summed E-state index contributed by atoms with van der Waals surface area (Å²) in [7, 11) is 0. The topological polar surface area (TPSA) is 42.4 Å². The van der Waals surface area contributed by atoms with E-state index in [-0.39, 0.29) is 11.5 Å². The van der Waals surface area contributed by atoms with Gasteiger partial charge in [-0.25, -0.2) is 9.78 Å². The SMILES string of the molecule is CC.Cc1ccc(N2CC(C)(C)COC2=O)nc1. The number of ether oxygens (including phenoxy) is 1. The van der Waals surface area contributed by atoms with E-state index < -0.39 is 0 Å². The molecule has 1 saturated heterocycles. The lowest BCUT2D eigenvalue weighted by molar-refractivity contribution is 0.0819. The second kappa shape index (κ2) is 5.85. The summed E-state index contributed by atoms with van der Waals surface area (Å²) in [5, 5.41) is 0. The van der Waals surface area contributed by atoms with E-state index in [1.54, 1.807) is 11.1 Å². The van der Waals surface area contributed by atoms with Crippen LogP contribution in [0.2, 0.25) is 0 Å². The second-order valence-electron chi connectivity index (χ2n) is 5.00. The van der Waals surface area contributed by atoms with Crippen LogP contribution in [0.5, 0.6) is 0 Å². The molecular formula is C14H22N2O2. The lowest BCUT2D eigenvalue weighted by atomic mass is 9.93. The summed E-state index contributed by atoms with van der Waals surface area (Å²) < 4.78 is 5.14. The van der Waals surface area contributed by atoms with Crippen LogP contribution in [0.3, 0.4) is 0 Å². The zero-order valence-corrected chi connectivity index (χ0v) is 11.9. The summed E-state index contributed by atoms with van der Waals surface area (Å²) in [6.07, 6.45) is 1.44. The van der Waals surface area contributed by atoms with Gasteiger partial charge < -0.3 is 4.74 Å². The van der Waals surface area contributed by atoms with E-state index in [2.05, 4.69) is 18.8 Å². The highest BCUT2D eigenvalue weighted by Crippen LogP contribution is 2.26. The molecule has 4 heteroatoms. The fourth-order valence-corrected chi connectivity index (χ4v) is 1.67. The van der Waals surface area contributed by atoms with Gasteiger partial charge in [-0.05, 0) is 18.6 Å². The van der Waals surface area contributed by atoms with Crippen molar-refractivity contribution in [3.05, 3.63) is 23.9 Å². The number of anilines is 1. The summed E-state index contributed by atoms with van der Waals surface area (Å²) in [6, 6.07) is 3.79. The van der Waals surface area contributed by atoms with E-state index in [4.69, 9.17) is 4.74 Å². The van der Waals surface area contributed by atoms with Gasteiger partial charge in [0.25, 0.3) is 0 Å². The lowest BCUT2D eigenvalue weighted by Gasteiger charge is -2.36. The van der Waals surface area contributed by atoms with Crippen molar-refractivity contribution in [1.82, 2.24) is 4.98 Å². The van der Waals surface area contributed by atoms with Crippen LogP contribution in [0.15, 0.2) is 18.3 Å². The van der Waals surface area contributed by atoms with Gasteiger partial charge in [-0.2, -0.15) is 0 Å². The van der Waals surface area contributed by atoms with Gasteiger partial charge in [0, 0.05) is 18.2 Å². The van der Waals surface area contributed by atoms with Gasteiger partial charge in [0.1, 0.15) is 5.82 Å². The molecule has 2 heterocycles. The summed E-state index contributed by atoms with van der Waals surface area (Å²) in [5.41, 5.74) is 1.05. The average molecular weight is 250 g/mol. The molecule has 0 aliphatic carbocycles. The third kappa shape index (κ3) is 3.45. The Balaban J connectivity index is 0.000000771. The standard InChI is InChI=1S/C12H16N2O2.C2H6/c1-9-4-5-10(13-6-9)14-7-12(2,3)8-16-11(14)15;1-2/h4-6H,7-8H2,1-3H3;1-2H3. The predicted molar refractivity (Wildman–Crippen MR) is 72.8 cm³/mol. The molecule has 0 saturated carbocycles. The van der Waals surface area contributed by atoms with E-state index >= 15 is 0 Å². The number of rotatable bonds is 1. The Morgan fingerprint density at radius 1 is 1.33 bits per heavy atom. The fourth-order valence-electron chi connectivity index (χ4n) is 1.67. The number of amides is 1. The first kappa shape index (κ1) is 14.5. The number of hydrogen-bond acceptors (Lipinski definition) is 3. The van der Waals surface area contributed by atoms with Gasteiger partial charge >= 0.3 is 6.09 Å². The molecule has 0 unspecified atom stereocenters. The molecule has 0 radical (unpaired) electrons. The van der Waals surface area contributed by atoms with Crippen LogP contribution in [0, 0.1) is 12.3 Å². The van der Waals surface area contributed by atoms with Gasteiger partial charge in [-0.15, -0.1) is 0 Å². The number of pyridine rings is 1. The first-order valence-corrected chi connectivity index (χ1v) is 6.35. The van der Waals surface area contributed by atoms with Gasteiger partial charge in [0.05, 0.1) is 6.61 Å². The quantitative estimate of drug-likeness (QED) is 0.767. The minimum absolute atomic E-state index is 0.0273. The van der Waals surface area contributed by atoms with Crippen molar-refractivity contribution < 1.29 is 9.53 Å². The van der Waals surface area contributed by atoms with Crippen molar-refractivity contribution in [1.29, 1.82) is 0 Å². The number of carbonyl (C=O) groups excluding carboxylic acids is 1. The van der Waals surface area contributed by atoms with Crippen LogP contribution in [0.25, 0.3) is 0 Å². The molecule has 0 spiro atoms. The van der Waals surface area contributed by atoms with Crippen molar-refractivity contribution >= 4 is 11.9 Å². The molecule has 0 aromatic carbocycles. The molecule has 0 N–H and O–H groups in total. The molecule has 2 rings (SSSR count). The van der Waals surface area contributed by atoms with E-state index in [1.165, 1.54) is 0 Å². The molecule has 0 atom stereocenters. The van der Waals surface area contributed by atoms with Gasteiger partial charge in [0.2, 0.25) is 0 Å². The number of aryl methyl sites for hydroxylation is 1. The maximum atomic E-state index is 11.6.